The van der Waals surface area contributed by atoms with E-state index in [1.807, 2.05) is 27.7 Å². The summed E-state index contributed by atoms with van der Waals surface area (Å²) in [7, 11) is -1.04. The Hall–Kier alpha value is -2.37. The Balaban J connectivity index is 1.85. The molecule has 3 fully saturated rings. The highest BCUT2D eigenvalue weighted by Crippen LogP contribution is 2.67. The van der Waals surface area contributed by atoms with Crippen LogP contribution in [0.15, 0.2) is 41.5 Å². The largest absolute Gasteiger partial charge is 0.468 e. The van der Waals surface area contributed by atoms with Gasteiger partial charge in [-0.15, -0.1) is 0 Å². The lowest BCUT2D eigenvalue weighted by Crippen LogP contribution is -2.80. The van der Waals surface area contributed by atoms with Gasteiger partial charge in [0.05, 0.1) is 43.0 Å². The van der Waals surface area contributed by atoms with Gasteiger partial charge in [-0.2, -0.15) is 0 Å². The van der Waals surface area contributed by atoms with E-state index >= 15 is 4.79 Å². The third-order valence-corrected chi connectivity index (χ3v) is 17.5. The number of aliphatic hydroxyl groups excluding tert-OH is 1. The van der Waals surface area contributed by atoms with Crippen LogP contribution in [-0.2, 0) is 28.2 Å². The van der Waals surface area contributed by atoms with E-state index in [0.717, 1.165) is 18.1 Å². The second-order valence-corrected chi connectivity index (χ2v) is 19.5. The zero-order valence-electron chi connectivity index (χ0n) is 28.8. The van der Waals surface area contributed by atoms with E-state index in [9.17, 15) is 19.8 Å². The van der Waals surface area contributed by atoms with E-state index in [4.69, 9.17) is 18.6 Å². The van der Waals surface area contributed by atoms with Crippen molar-refractivity contribution in [3.63, 3.8) is 0 Å². The molecule has 46 heavy (non-hydrogen) atoms. The Kier molecular flexibility index (Phi) is 9.08. The molecule has 1 unspecified atom stereocenters. The molecule has 1 aromatic rings. The van der Waals surface area contributed by atoms with Crippen molar-refractivity contribution in [2.24, 2.45) is 28.1 Å². The molecule has 5 rings (SSSR count). The summed E-state index contributed by atoms with van der Waals surface area (Å²) in [6.07, 6.45) is -3.72. The van der Waals surface area contributed by atoms with Crippen LogP contribution in [0.4, 0.5) is 0 Å². The van der Waals surface area contributed by atoms with Crippen LogP contribution < -0.4 is 0 Å². The number of esters is 2. The second kappa shape index (κ2) is 11.9. The Bertz CT molecular complexity index is 1390. The molecule has 0 aromatic heterocycles. The second-order valence-electron chi connectivity index (χ2n) is 14.8. The Morgan fingerprint density at radius 3 is 2.20 bits per heavy atom. The maximum atomic E-state index is 15.4. The van der Waals surface area contributed by atoms with Gasteiger partial charge in [-0.3, -0.25) is 9.59 Å². The third kappa shape index (κ3) is 4.64. The lowest BCUT2D eigenvalue weighted by atomic mass is 9.41. The van der Waals surface area contributed by atoms with E-state index in [2.05, 4.69) is 20.8 Å². The van der Waals surface area contributed by atoms with E-state index < -0.39 is 78.4 Å². The number of Topliss-reactive ketones (excluding diaryl/α,β-unsaturated/α-hetero) is 1. The van der Waals surface area contributed by atoms with Crippen LogP contribution in [0.25, 0.3) is 0 Å². The van der Waals surface area contributed by atoms with E-state index in [-0.39, 0.29) is 30.8 Å². The minimum absolute atomic E-state index is 0.0585. The van der Waals surface area contributed by atoms with Crippen LogP contribution in [-0.4, -0.2) is 80.0 Å². The van der Waals surface area contributed by atoms with Gasteiger partial charge in [0.2, 0.25) is 0 Å². The van der Waals surface area contributed by atoms with Gasteiger partial charge >= 0.3 is 11.9 Å². The van der Waals surface area contributed by atoms with Gasteiger partial charge < -0.3 is 28.8 Å². The normalized spacial score (nSPS) is 38.5. The lowest BCUT2D eigenvalue weighted by Gasteiger charge is -2.68. The molecule has 10 heteroatoms. The number of rotatable bonds is 8. The molecule has 0 radical (unpaired) electrons. The number of hydrogen-bond donors (Lipinski definition) is 2. The highest BCUT2D eigenvalue weighted by Gasteiger charge is 2.78. The molecule has 9 nitrogen and oxygen atoms in total. The van der Waals surface area contributed by atoms with E-state index in [1.54, 1.807) is 37.3 Å². The van der Waals surface area contributed by atoms with Crippen molar-refractivity contribution in [2.45, 2.75) is 116 Å². The van der Waals surface area contributed by atoms with Crippen LogP contribution in [0.2, 0.25) is 18.1 Å². The molecule has 2 saturated carbocycles. The SMILES string of the molecule is CC[Si](CC)(CC)O[C@H]1C[C@H]2OC[C@@]2(C(=O)OC)C2[C@H](OC(=O)c3ccccc3)[C@]3(O)C[C@H](O)C(C)=C([C@@H](C)C(=O)[C@@]21C)C3(C)C. The molecule has 254 valence electrons. The average Bonchev–Trinajstić information content (AvgIpc) is 3.03. The lowest BCUT2D eigenvalue weighted by molar-refractivity contribution is -0.311. The van der Waals surface area contributed by atoms with Crippen LogP contribution in [0.1, 0.15) is 78.6 Å². The fraction of sp³-hybridized carbons (Fsp3) is 0.694. The number of carbonyl (C=O) groups is 3. The molecule has 1 heterocycles. The molecule has 9 atom stereocenters. The molecular formula is C36H52O9Si. The average molecular weight is 657 g/mol. The molecule has 2 bridgehead atoms. The van der Waals surface area contributed by atoms with Crippen molar-refractivity contribution in [3.05, 3.63) is 47.0 Å². The van der Waals surface area contributed by atoms with Crippen molar-refractivity contribution in [1.82, 2.24) is 0 Å². The van der Waals surface area contributed by atoms with Crippen molar-refractivity contribution >= 4 is 26.0 Å². The summed E-state index contributed by atoms with van der Waals surface area (Å²) >= 11 is 0. The van der Waals surface area contributed by atoms with Gasteiger partial charge in [0.1, 0.15) is 22.9 Å². The maximum absolute atomic E-state index is 15.4. The summed E-state index contributed by atoms with van der Waals surface area (Å²) in [6.45, 7) is 15.5. The van der Waals surface area contributed by atoms with Crippen LogP contribution >= 0.6 is 0 Å². The minimum atomic E-state index is -2.35. The van der Waals surface area contributed by atoms with Crippen LogP contribution in [0.3, 0.4) is 0 Å². The summed E-state index contributed by atoms with van der Waals surface area (Å²) in [4.78, 5) is 43.6. The predicted molar refractivity (Wildman–Crippen MR) is 174 cm³/mol. The molecule has 4 aliphatic rings. The molecular weight excluding hydrogens is 604 g/mol. The first-order valence-corrected chi connectivity index (χ1v) is 19.4. The van der Waals surface area contributed by atoms with Gasteiger partial charge in [0, 0.05) is 30.1 Å². The highest BCUT2D eigenvalue weighted by atomic mass is 28.4. The summed E-state index contributed by atoms with van der Waals surface area (Å²) in [5, 5.41) is 24.7. The molecule has 0 spiro atoms. The third-order valence-electron chi connectivity index (χ3n) is 12.8. The molecule has 1 aromatic carbocycles. The topological polar surface area (TPSA) is 129 Å². The smallest absolute Gasteiger partial charge is 0.338 e. The molecule has 1 aliphatic heterocycles. The van der Waals surface area contributed by atoms with Crippen LogP contribution in [0.5, 0.6) is 0 Å². The van der Waals surface area contributed by atoms with Gasteiger partial charge in [0.25, 0.3) is 0 Å². The van der Waals surface area contributed by atoms with Gasteiger partial charge in [0.15, 0.2) is 8.32 Å². The first-order valence-electron chi connectivity index (χ1n) is 16.9. The predicted octanol–water partition coefficient (Wildman–Crippen LogP) is 5.24. The number of carbonyl (C=O) groups excluding carboxylic acids is 3. The van der Waals surface area contributed by atoms with Crippen molar-refractivity contribution in [3.8, 4) is 0 Å². The molecule has 1 saturated heterocycles. The van der Waals surface area contributed by atoms with Crippen molar-refractivity contribution in [2.75, 3.05) is 13.7 Å². The van der Waals surface area contributed by atoms with Gasteiger partial charge in [-0.1, -0.05) is 59.7 Å². The van der Waals surface area contributed by atoms with Gasteiger partial charge in [-0.05, 0) is 55.3 Å². The first-order chi connectivity index (χ1) is 21.6. The number of hydrogen-bond acceptors (Lipinski definition) is 9. The first kappa shape index (κ1) is 34.9. The quantitative estimate of drug-likeness (QED) is 0.219. The minimum Gasteiger partial charge on any atom is -0.468 e. The zero-order chi connectivity index (χ0) is 34.0. The summed E-state index contributed by atoms with van der Waals surface area (Å²) in [6, 6.07) is 11.0. The highest BCUT2D eigenvalue weighted by molar-refractivity contribution is 6.73. The Morgan fingerprint density at radius 2 is 1.67 bits per heavy atom. The van der Waals surface area contributed by atoms with Gasteiger partial charge in [-0.25, -0.2) is 4.79 Å². The summed E-state index contributed by atoms with van der Waals surface area (Å²) in [5.74, 6) is -3.24. The summed E-state index contributed by atoms with van der Waals surface area (Å²) in [5.41, 5.74) is -4.29. The number of ether oxygens (including phenoxy) is 3. The van der Waals surface area contributed by atoms with E-state index in [1.165, 1.54) is 7.11 Å². The number of ketones is 1. The van der Waals surface area contributed by atoms with E-state index in [0.29, 0.717) is 11.1 Å². The maximum Gasteiger partial charge on any atom is 0.338 e. The number of benzene rings is 1. The number of fused-ring (bicyclic) bond motifs is 5. The Labute approximate surface area is 274 Å². The van der Waals surface area contributed by atoms with Crippen LogP contribution in [0, 0.1) is 28.1 Å². The van der Waals surface area contributed by atoms with Crippen molar-refractivity contribution in [1.29, 1.82) is 0 Å². The number of methoxy groups -OCH3 is 1. The fourth-order valence-corrected chi connectivity index (χ4v) is 12.7. The Morgan fingerprint density at radius 1 is 1.07 bits per heavy atom. The molecule has 3 aliphatic carbocycles. The standard InChI is InChI=1S/C36H52O9Si/c1-10-46(11-2,12-3)45-25-18-26-35(20-43-26,32(40)42-9)28-30(44-31(39)23-16-14-13-15-17-23)36(41)19-24(37)21(4)27(33(36,6)7)22(5)29(38)34(25,28)8/h13-17,22,24-26,28,30,37,41H,10-12,18-20H2,1-9H3/t22-,24+,25+,26-,28?,30+,34-,35+,36-/m1/s1. The monoisotopic (exact) mass is 656 g/mol. The molecule has 2 N–H and O–H groups in total. The fourth-order valence-electron chi connectivity index (χ4n) is 9.76. The zero-order valence-corrected chi connectivity index (χ0v) is 29.8. The molecule has 0 amide bonds. The van der Waals surface area contributed by atoms with Crippen molar-refractivity contribution < 1.29 is 43.2 Å². The number of aliphatic hydroxyl groups is 2. The summed E-state index contributed by atoms with van der Waals surface area (Å²) < 4.78 is 25.3.